The van der Waals surface area contributed by atoms with Gasteiger partial charge in [0, 0.05) is 25.0 Å². The molecule has 1 aliphatic carbocycles. The zero-order valence-corrected chi connectivity index (χ0v) is 13.6. The highest BCUT2D eigenvalue weighted by Gasteiger charge is 2.52. The molecule has 1 saturated carbocycles. The molecule has 1 aromatic rings. The molecule has 0 spiro atoms. The van der Waals surface area contributed by atoms with E-state index in [9.17, 15) is 13.2 Å². The molecular weight excluding hydrogens is 300 g/mol. The Morgan fingerprint density at radius 1 is 1.32 bits per heavy atom. The topological polar surface area (TPSA) is 75.3 Å². The highest BCUT2D eigenvalue weighted by Crippen LogP contribution is 2.39. The minimum absolute atomic E-state index is 0.345. The van der Waals surface area contributed by atoms with Gasteiger partial charge >= 0.3 is 0 Å². The number of hydrogen-bond acceptors (Lipinski definition) is 4. The van der Waals surface area contributed by atoms with Gasteiger partial charge < -0.3 is 10.6 Å². The molecule has 1 aliphatic heterocycles. The second-order valence-corrected chi connectivity index (χ2v) is 8.60. The molecule has 5 nitrogen and oxygen atoms in total. The van der Waals surface area contributed by atoms with E-state index in [1.54, 1.807) is 0 Å². The highest BCUT2D eigenvalue weighted by molar-refractivity contribution is 7.93. The molecule has 3 rings (SSSR count). The normalized spacial score (nSPS) is 19.5. The molecule has 2 N–H and O–H groups in total. The zero-order chi connectivity index (χ0) is 15.8. The van der Waals surface area contributed by atoms with Gasteiger partial charge in [0.05, 0.1) is 0 Å². The first-order chi connectivity index (χ1) is 10.4. The zero-order valence-electron chi connectivity index (χ0n) is 12.8. The first kappa shape index (κ1) is 15.3. The molecule has 1 heterocycles. The van der Waals surface area contributed by atoms with Crippen molar-refractivity contribution in [3.63, 3.8) is 0 Å². The molecule has 0 unspecified atom stereocenters. The number of sulfone groups is 1. The SMILES string of the molecule is CS(=O)(=O)C1(C(=O)NCc2cccc3c2CCCN3)CCC1. The van der Waals surface area contributed by atoms with Gasteiger partial charge in [-0.2, -0.15) is 0 Å². The van der Waals surface area contributed by atoms with Gasteiger partial charge in [-0.1, -0.05) is 12.1 Å². The van der Waals surface area contributed by atoms with Crippen LogP contribution in [0.1, 0.15) is 36.8 Å². The van der Waals surface area contributed by atoms with E-state index in [0.29, 0.717) is 19.4 Å². The smallest absolute Gasteiger partial charge is 0.241 e. The van der Waals surface area contributed by atoms with Crippen molar-refractivity contribution < 1.29 is 13.2 Å². The van der Waals surface area contributed by atoms with Crippen molar-refractivity contribution in [3.05, 3.63) is 29.3 Å². The molecule has 120 valence electrons. The quantitative estimate of drug-likeness (QED) is 0.883. The van der Waals surface area contributed by atoms with Gasteiger partial charge in [0.2, 0.25) is 5.91 Å². The molecule has 22 heavy (non-hydrogen) atoms. The van der Waals surface area contributed by atoms with Gasteiger partial charge in [-0.05, 0) is 49.3 Å². The summed E-state index contributed by atoms with van der Waals surface area (Å²) in [6.45, 7) is 1.36. The van der Waals surface area contributed by atoms with E-state index in [1.165, 1.54) is 11.8 Å². The number of fused-ring (bicyclic) bond motifs is 1. The average molecular weight is 322 g/mol. The first-order valence-corrected chi connectivity index (χ1v) is 9.66. The number of hydrogen-bond donors (Lipinski definition) is 2. The molecule has 1 amide bonds. The number of anilines is 1. The van der Waals surface area contributed by atoms with Crippen LogP contribution in [-0.2, 0) is 27.6 Å². The third kappa shape index (κ3) is 2.49. The third-order valence-electron chi connectivity index (χ3n) is 4.92. The first-order valence-electron chi connectivity index (χ1n) is 7.77. The number of benzene rings is 1. The van der Waals surface area contributed by atoms with Crippen LogP contribution in [0.5, 0.6) is 0 Å². The molecular formula is C16H22N2O3S. The summed E-state index contributed by atoms with van der Waals surface area (Å²) in [6, 6.07) is 6.01. The van der Waals surface area contributed by atoms with Crippen molar-refractivity contribution >= 4 is 21.4 Å². The Bertz CT molecular complexity index is 693. The highest BCUT2D eigenvalue weighted by atomic mass is 32.2. The summed E-state index contributed by atoms with van der Waals surface area (Å²) in [7, 11) is -3.37. The Morgan fingerprint density at radius 3 is 2.73 bits per heavy atom. The fraction of sp³-hybridized carbons (Fsp3) is 0.562. The molecule has 0 aromatic heterocycles. The van der Waals surface area contributed by atoms with E-state index in [0.717, 1.165) is 37.1 Å². The molecule has 0 bridgehead atoms. The molecule has 1 fully saturated rings. The van der Waals surface area contributed by atoms with Crippen molar-refractivity contribution in [1.82, 2.24) is 5.32 Å². The minimum atomic E-state index is -3.37. The monoisotopic (exact) mass is 322 g/mol. The second-order valence-electron chi connectivity index (χ2n) is 6.28. The minimum Gasteiger partial charge on any atom is -0.385 e. The fourth-order valence-electron chi connectivity index (χ4n) is 3.35. The molecule has 6 heteroatoms. The van der Waals surface area contributed by atoms with Gasteiger partial charge in [-0.25, -0.2) is 8.42 Å². The summed E-state index contributed by atoms with van der Waals surface area (Å²) in [5, 5.41) is 6.21. The third-order valence-corrected chi connectivity index (χ3v) is 6.93. The van der Waals surface area contributed by atoms with Gasteiger partial charge in [-0.3, -0.25) is 4.79 Å². The standard InChI is InChI=1S/C16H22N2O3S/c1-22(20,21)16(8-4-9-16)15(19)18-11-12-5-2-7-14-13(12)6-3-10-17-14/h2,5,7,17H,3-4,6,8-11H2,1H3,(H,18,19). The summed E-state index contributed by atoms with van der Waals surface area (Å²) in [6.07, 6.45) is 4.90. The van der Waals surface area contributed by atoms with Crippen molar-refractivity contribution in [2.24, 2.45) is 0 Å². The Kier molecular flexibility index (Phi) is 3.89. The van der Waals surface area contributed by atoms with E-state index >= 15 is 0 Å². The van der Waals surface area contributed by atoms with Gasteiger partial charge in [0.25, 0.3) is 0 Å². The van der Waals surface area contributed by atoms with Crippen LogP contribution in [0.2, 0.25) is 0 Å². The second kappa shape index (κ2) is 5.57. The molecule has 0 saturated heterocycles. The summed E-state index contributed by atoms with van der Waals surface area (Å²) in [4.78, 5) is 12.4. The van der Waals surface area contributed by atoms with Crippen LogP contribution in [0.4, 0.5) is 5.69 Å². The van der Waals surface area contributed by atoms with Crippen molar-refractivity contribution in [2.45, 2.75) is 43.4 Å². The Morgan fingerprint density at radius 2 is 2.09 bits per heavy atom. The van der Waals surface area contributed by atoms with Gasteiger partial charge in [-0.15, -0.1) is 0 Å². The molecule has 0 radical (unpaired) electrons. The van der Waals surface area contributed by atoms with E-state index < -0.39 is 14.6 Å². The largest absolute Gasteiger partial charge is 0.385 e. The Balaban J connectivity index is 1.75. The summed E-state index contributed by atoms with van der Waals surface area (Å²) >= 11 is 0. The van der Waals surface area contributed by atoms with Crippen LogP contribution in [0.3, 0.4) is 0 Å². The van der Waals surface area contributed by atoms with Crippen LogP contribution in [0.25, 0.3) is 0 Å². The maximum Gasteiger partial charge on any atom is 0.241 e. The van der Waals surface area contributed by atoms with E-state index in [2.05, 4.69) is 10.6 Å². The number of carbonyl (C=O) groups is 1. The van der Waals surface area contributed by atoms with Crippen LogP contribution in [0, 0.1) is 0 Å². The molecule has 0 atom stereocenters. The van der Waals surface area contributed by atoms with E-state index in [1.807, 2.05) is 18.2 Å². The average Bonchev–Trinajstić information content (AvgIpc) is 2.42. The molecule has 1 aromatic carbocycles. The summed E-state index contributed by atoms with van der Waals surface area (Å²) in [5.41, 5.74) is 3.43. The van der Waals surface area contributed by atoms with Crippen LogP contribution < -0.4 is 10.6 Å². The lowest BCUT2D eigenvalue weighted by Crippen LogP contribution is -2.56. The maximum atomic E-state index is 12.4. The van der Waals surface area contributed by atoms with E-state index in [4.69, 9.17) is 0 Å². The van der Waals surface area contributed by atoms with E-state index in [-0.39, 0.29) is 5.91 Å². The van der Waals surface area contributed by atoms with Crippen LogP contribution in [0.15, 0.2) is 18.2 Å². The Hall–Kier alpha value is -1.56. The number of rotatable bonds is 4. The fourth-order valence-corrected chi connectivity index (χ4v) is 4.79. The number of nitrogens with one attached hydrogen (secondary N) is 2. The van der Waals surface area contributed by atoms with Gasteiger partial charge in [0.15, 0.2) is 9.84 Å². The van der Waals surface area contributed by atoms with Gasteiger partial charge in [0.1, 0.15) is 4.75 Å². The lowest BCUT2D eigenvalue weighted by atomic mass is 9.83. The molecule has 2 aliphatic rings. The van der Waals surface area contributed by atoms with Crippen molar-refractivity contribution in [3.8, 4) is 0 Å². The Labute approximate surface area is 131 Å². The number of carbonyl (C=O) groups excluding carboxylic acids is 1. The lowest BCUT2D eigenvalue weighted by Gasteiger charge is -2.38. The predicted octanol–water partition coefficient (Wildman–Crippen LogP) is 1.63. The summed E-state index contributed by atoms with van der Waals surface area (Å²) < 4.78 is 22.7. The summed E-state index contributed by atoms with van der Waals surface area (Å²) in [5.74, 6) is -0.345. The maximum absolute atomic E-state index is 12.4. The number of amides is 1. The van der Waals surface area contributed by atoms with Crippen LogP contribution >= 0.6 is 0 Å². The van der Waals surface area contributed by atoms with Crippen molar-refractivity contribution in [1.29, 1.82) is 0 Å². The van der Waals surface area contributed by atoms with Crippen LogP contribution in [-0.4, -0.2) is 31.9 Å². The van der Waals surface area contributed by atoms with Crippen molar-refractivity contribution in [2.75, 3.05) is 18.1 Å². The predicted molar refractivity (Wildman–Crippen MR) is 86.5 cm³/mol. The lowest BCUT2D eigenvalue weighted by molar-refractivity contribution is -0.125.